The highest BCUT2D eigenvalue weighted by molar-refractivity contribution is 6.35. The molecule has 1 saturated carbocycles. The largest absolute Gasteiger partial charge is 0.489 e. The first-order valence-corrected chi connectivity index (χ1v) is 8.54. The molecule has 1 aliphatic rings. The maximum atomic E-state index is 11.7. The van der Waals surface area contributed by atoms with Gasteiger partial charge in [0.05, 0.1) is 5.71 Å². The molecule has 2 aromatic carbocycles. The number of nitrogens with one attached hydrogen (secondary N) is 2. The van der Waals surface area contributed by atoms with Crippen molar-refractivity contribution in [1.82, 2.24) is 10.7 Å². The van der Waals surface area contributed by atoms with Crippen molar-refractivity contribution in [2.45, 2.75) is 32.4 Å². The van der Waals surface area contributed by atoms with Gasteiger partial charge in [0.2, 0.25) is 0 Å². The number of amides is 2. The van der Waals surface area contributed by atoms with Crippen molar-refractivity contribution in [3.63, 3.8) is 0 Å². The number of hydrogen-bond acceptors (Lipinski definition) is 4. The van der Waals surface area contributed by atoms with Gasteiger partial charge in [0.1, 0.15) is 12.4 Å². The third-order valence-corrected chi connectivity index (χ3v) is 3.96. The van der Waals surface area contributed by atoms with Crippen LogP contribution in [0.25, 0.3) is 0 Å². The summed E-state index contributed by atoms with van der Waals surface area (Å²) in [5.74, 6) is -0.647. The summed E-state index contributed by atoms with van der Waals surface area (Å²) in [6, 6.07) is 17.5. The van der Waals surface area contributed by atoms with E-state index in [0.717, 1.165) is 29.7 Å². The molecular formula is C20H21N3O3. The van der Waals surface area contributed by atoms with Gasteiger partial charge < -0.3 is 10.1 Å². The summed E-state index contributed by atoms with van der Waals surface area (Å²) in [4.78, 5) is 23.2. The second-order valence-electron chi connectivity index (χ2n) is 6.18. The smallest absolute Gasteiger partial charge is 0.329 e. The third kappa shape index (κ3) is 5.17. The molecule has 134 valence electrons. The minimum atomic E-state index is -0.751. The van der Waals surface area contributed by atoms with Crippen LogP contribution in [0.1, 0.15) is 30.9 Å². The van der Waals surface area contributed by atoms with E-state index in [1.807, 2.05) is 54.6 Å². The van der Waals surface area contributed by atoms with Crippen molar-refractivity contribution < 1.29 is 14.3 Å². The second kappa shape index (κ2) is 8.29. The minimum Gasteiger partial charge on any atom is -0.489 e. The van der Waals surface area contributed by atoms with E-state index in [4.69, 9.17) is 4.74 Å². The lowest BCUT2D eigenvalue weighted by molar-refractivity contribution is -0.139. The Bertz CT molecular complexity index is 797. The zero-order valence-corrected chi connectivity index (χ0v) is 14.6. The Kier molecular flexibility index (Phi) is 5.63. The lowest BCUT2D eigenvalue weighted by atomic mass is 10.1. The number of carbonyl (C=O) groups excluding carboxylic acids is 2. The minimum absolute atomic E-state index is 0.141. The normalized spacial score (nSPS) is 13.8. The van der Waals surface area contributed by atoms with Gasteiger partial charge in [0, 0.05) is 6.04 Å². The molecular weight excluding hydrogens is 330 g/mol. The molecule has 1 aliphatic carbocycles. The standard InChI is InChI=1S/C20H21N3O3/c1-14(22-23-20(25)19(24)21-17-9-10-17)16-7-11-18(12-8-16)26-13-15-5-3-2-4-6-15/h2-8,11-12,17H,9-10,13H2,1H3,(H,21,24)(H,23,25)/b22-14-. The number of ether oxygens (including phenoxy) is 1. The lowest BCUT2D eigenvalue weighted by Gasteiger charge is -2.07. The van der Waals surface area contributed by atoms with Crippen LogP contribution < -0.4 is 15.5 Å². The molecule has 2 N–H and O–H groups in total. The van der Waals surface area contributed by atoms with E-state index < -0.39 is 11.8 Å². The van der Waals surface area contributed by atoms with Crippen LogP contribution in [-0.2, 0) is 16.2 Å². The first-order chi connectivity index (χ1) is 12.6. The van der Waals surface area contributed by atoms with Crippen LogP contribution in [0.2, 0.25) is 0 Å². The number of hydrazone groups is 1. The monoisotopic (exact) mass is 351 g/mol. The summed E-state index contributed by atoms with van der Waals surface area (Å²) in [5, 5.41) is 6.60. The van der Waals surface area contributed by atoms with Crippen LogP contribution in [-0.4, -0.2) is 23.6 Å². The van der Waals surface area contributed by atoms with E-state index in [0.29, 0.717) is 12.3 Å². The van der Waals surface area contributed by atoms with Crippen LogP contribution in [0, 0.1) is 0 Å². The van der Waals surface area contributed by atoms with E-state index in [-0.39, 0.29) is 6.04 Å². The van der Waals surface area contributed by atoms with Crippen LogP contribution in [0.15, 0.2) is 59.7 Å². The van der Waals surface area contributed by atoms with Gasteiger partial charge in [0.25, 0.3) is 0 Å². The van der Waals surface area contributed by atoms with Gasteiger partial charge >= 0.3 is 11.8 Å². The van der Waals surface area contributed by atoms with Crippen LogP contribution in [0.3, 0.4) is 0 Å². The molecule has 0 bridgehead atoms. The molecule has 0 radical (unpaired) electrons. The molecule has 6 nitrogen and oxygen atoms in total. The predicted octanol–water partition coefficient (Wildman–Crippen LogP) is 2.38. The van der Waals surface area contributed by atoms with Gasteiger partial charge in [-0.05, 0) is 55.2 Å². The molecule has 0 aromatic heterocycles. The van der Waals surface area contributed by atoms with Gasteiger partial charge in [-0.15, -0.1) is 0 Å². The summed E-state index contributed by atoms with van der Waals surface area (Å²) >= 11 is 0. The van der Waals surface area contributed by atoms with Crippen LogP contribution in [0.4, 0.5) is 0 Å². The molecule has 0 atom stereocenters. The highest BCUT2D eigenvalue weighted by Crippen LogP contribution is 2.18. The Balaban J connectivity index is 1.51. The molecule has 0 heterocycles. The van der Waals surface area contributed by atoms with Crippen LogP contribution in [0.5, 0.6) is 5.75 Å². The molecule has 2 aromatic rings. The molecule has 0 unspecified atom stereocenters. The van der Waals surface area contributed by atoms with E-state index in [1.54, 1.807) is 6.92 Å². The molecule has 1 fully saturated rings. The average molecular weight is 351 g/mol. The van der Waals surface area contributed by atoms with E-state index >= 15 is 0 Å². The van der Waals surface area contributed by atoms with Crippen molar-refractivity contribution >= 4 is 17.5 Å². The molecule has 26 heavy (non-hydrogen) atoms. The quantitative estimate of drug-likeness (QED) is 0.476. The number of rotatable bonds is 6. The van der Waals surface area contributed by atoms with Crippen molar-refractivity contribution in [1.29, 1.82) is 0 Å². The highest BCUT2D eigenvalue weighted by atomic mass is 16.5. The zero-order chi connectivity index (χ0) is 18.4. The average Bonchev–Trinajstić information content (AvgIpc) is 3.49. The molecule has 3 rings (SSSR count). The molecule has 0 spiro atoms. The SMILES string of the molecule is C/C(=N/NC(=O)C(=O)NC1CC1)c1ccc(OCc2ccccc2)cc1. The first kappa shape index (κ1) is 17.7. The van der Waals surface area contributed by atoms with E-state index in [1.165, 1.54) is 0 Å². The Morgan fingerprint density at radius 3 is 2.38 bits per heavy atom. The Hall–Kier alpha value is -3.15. The summed E-state index contributed by atoms with van der Waals surface area (Å²) in [7, 11) is 0. The first-order valence-electron chi connectivity index (χ1n) is 8.54. The van der Waals surface area contributed by atoms with Gasteiger partial charge in [-0.25, -0.2) is 5.43 Å². The fraction of sp³-hybridized carbons (Fsp3) is 0.250. The third-order valence-electron chi connectivity index (χ3n) is 3.96. The number of nitrogens with zero attached hydrogens (tertiary/aromatic N) is 1. The fourth-order valence-corrected chi connectivity index (χ4v) is 2.26. The van der Waals surface area contributed by atoms with Gasteiger partial charge in [0.15, 0.2) is 0 Å². The van der Waals surface area contributed by atoms with Gasteiger partial charge in [-0.2, -0.15) is 5.10 Å². The van der Waals surface area contributed by atoms with Crippen molar-refractivity contribution in [2.75, 3.05) is 0 Å². The molecule has 2 amide bonds. The fourth-order valence-electron chi connectivity index (χ4n) is 2.26. The van der Waals surface area contributed by atoms with E-state index in [9.17, 15) is 9.59 Å². The number of benzene rings is 2. The van der Waals surface area contributed by atoms with Gasteiger partial charge in [-0.3, -0.25) is 9.59 Å². The lowest BCUT2D eigenvalue weighted by Crippen LogP contribution is -2.39. The van der Waals surface area contributed by atoms with Crippen molar-refractivity contribution in [3.05, 3.63) is 65.7 Å². The maximum Gasteiger partial charge on any atom is 0.329 e. The maximum absolute atomic E-state index is 11.7. The Morgan fingerprint density at radius 1 is 1.04 bits per heavy atom. The Morgan fingerprint density at radius 2 is 1.73 bits per heavy atom. The summed E-state index contributed by atoms with van der Waals surface area (Å²) < 4.78 is 5.74. The number of hydrogen-bond donors (Lipinski definition) is 2. The molecule has 0 aliphatic heterocycles. The molecule has 0 saturated heterocycles. The summed E-state index contributed by atoms with van der Waals surface area (Å²) in [5.41, 5.74) is 4.82. The topological polar surface area (TPSA) is 79.8 Å². The number of carbonyl (C=O) groups is 2. The van der Waals surface area contributed by atoms with E-state index in [2.05, 4.69) is 15.8 Å². The summed E-state index contributed by atoms with van der Waals surface area (Å²) in [6.07, 6.45) is 1.86. The second-order valence-corrected chi connectivity index (χ2v) is 6.18. The van der Waals surface area contributed by atoms with Crippen molar-refractivity contribution in [3.8, 4) is 5.75 Å². The predicted molar refractivity (Wildman–Crippen MR) is 98.7 cm³/mol. The Labute approximate surface area is 152 Å². The van der Waals surface area contributed by atoms with Gasteiger partial charge in [-0.1, -0.05) is 30.3 Å². The van der Waals surface area contributed by atoms with Crippen LogP contribution >= 0.6 is 0 Å². The summed E-state index contributed by atoms with van der Waals surface area (Å²) in [6.45, 7) is 2.26. The van der Waals surface area contributed by atoms with Crippen molar-refractivity contribution in [2.24, 2.45) is 5.10 Å². The zero-order valence-electron chi connectivity index (χ0n) is 14.6. The highest BCUT2D eigenvalue weighted by Gasteiger charge is 2.26. The molecule has 6 heteroatoms.